The van der Waals surface area contributed by atoms with Gasteiger partial charge in [-0.25, -0.2) is 14.6 Å². The molecule has 3 aromatic rings. The molecule has 0 N–H and O–H groups in total. The molecule has 1 saturated heterocycles. The third kappa shape index (κ3) is 3.99. The number of fused-ring (bicyclic) bond motifs is 3. The predicted molar refractivity (Wildman–Crippen MR) is 126 cm³/mol. The third-order valence-corrected chi connectivity index (χ3v) is 6.71. The van der Waals surface area contributed by atoms with Crippen molar-refractivity contribution in [2.45, 2.75) is 33.1 Å². The van der Waals surface area contributed by atoms with Gasteiger partial charge in [0, 0.05) is 37.9 Å². The summed E-state index contributed by atoms with van der Waals surface area (Å²) in [5.74, 6) is 1.38. The third-order valence-electron chi connectivity index (χ3n) is 6.71. The summed E-state index contributed by atoms with van der Waals surface area (Å²) in [5.41, 5.74) is 5.77. The lowest BCUT2D eigenvalue weighted by Gasteiger charge is -2.34. The van der Waals surface area contributed by atoms with Gasteiger partial charge < -0.3 is 9.64 Å². The smallest absolute Gasteiger partial charge is 0.257 e. The average Bonchev–Trinajstić information content (AvgIpc) is 3.24. The van der Waals surface area contributed by atoms with Crippen LogP contribution in [0.3, 0.4) is 0 Å². The zero-order chi connectivity index (χ0) is 22.9. The lowest BCUT2D eigenvalue weighted by molar-refractivity contribution is 0.0636. The molecule has 33 heavy (non-hydrogen) atoms. The first-order valence-corrected chi connectivity index (χ1v) is 11.7. The fourth-order valence-electron chi connectivity index (χ4n) is 4.80. The first-order valence-electron chi connectivity index (χ1n) is 11.7. The molecule has 5 rings (SSSR count). The highest BCUT2D eigenvalue weighted by Gasteiger charge is 2.26. The minimum atomic E-state index is 0.0327. The molecular formula is C25H30N6O2. The molecule has 2 aromatic heterocycles. The number of methoxy groups -OCH3 is 1. The lowest BCUT2D eigenvalue weighted by atomic mass is 9.90. The number of hydrogen-bond acceptors (Lipinski definition) is 6. The second-order valence-electron chi connectivity index (χ2n) is 8.76. The van der Waals surface area contributed by atoms with Crippen LogP contribution >= 0.6 is 0 Å². The molecule has 1 aliphatic heterocycles. The summed E-state index contributed by atoms with van der Waals surface area (Å²) in [6, 6.07) is 6.11. The number of aromatic nitrogens is 4. The molecule has 1 amide bonds. The van der Waals surface area contributed by atoms with E-state index in [0.717, 1.165) is 80.3 Å². The summed E-state index contributed by atoms with van der Waals surface area (Å²) in [7, 11) is 1.68. The van der Waals surface area contributed by atoms with Crippen LogP contribution in [0.2, 0.25) is 0 Å². The highest BCUT2D eigenvalue weighted by molar-refractivity contribution is 5.95. The fraction of sp³-hybridized carbons (Fsp3) is 0.440. The number of amides is 1. The number of nitrogens with zero attached hydrogens (tertiary/aromatic N) is 6. The maximum absolute atomic E-state index is 13.2. The number of hydrogen-bond donors (Lipinski definition) is 0. The van der Waals surface area contributed by atoms with Crippen LogP contribution in [-0.4, -0.2) is 75.3 Å². The van der Waals surface area contributed by atoms with Crippen molar-refractivity contribution in [1.82, 2.24) is 29.5 Å². The van der Waals surface area contributed by atoms with E-state index in [1.165, 1.54) is 5.56 Å². The van der Waals surface area contributed by atoms with Crippen molar-refractivity contribution in [3.8, 4) is 23.0 Å². The predicted octanol–water partition coefficient (Wildman–Crippen LogP) is 2.91. The van der Waals surface area contributed by atoms with Gasteiger partial charge in [0.1, 0.15) is 5.75 Å². The molecule has 0 radical (unpaired) electrons. The summed E-state index contributed by atoms with van der Waals surface area (Å²) in [6.07, 6.45) is 6.51. The van der Waals surface area contributed by atoms with Gasteiger partial charge in [-0.2, -0.15) is 5.10 Å². The SMILES string of the molecule is CCCN1CCN(C(=O)c2cnn(-c3ncc4c(n3)-c3ccc(OC)cc3CC4)c2C)CC1. The Bertz CT molecular complexity index is 1180. The Morgan fingerprint density at radius 2 is 1.88 bits per heavy atom. The summed E-state index contributed by atoms with van der Waals surface area (Å²) in [6.45, 7) is 8.53. The van der Waals surface area contributed by atoms with Crippen LogP contribution in [0, 0.1) is 6.92 Å². The summed E-state index contributed by atoms with van der Waals surface area (Å²) in [4.78, 5) is 27.0. The van der Waals surface area contributed by atoms with Crippen LogP contribution in [0.15, 0.2) is 30.6 Å². The summed E-state index contributed by atoms with van der Waals surface area (Å²) < 4.78 is 7.06. The van der Waals surface area contributed by atoms with E-state index in [-0.39, 0.29) is 5.91 Å². The number of aryl methyl sites for hydroxylation is 2. The van der Waals surface area contributed by atoms with Crippen LogP contribution in [0.4, 0.5) is 0 Å². The number of piperazine rings is 1. The molecule has 0 unspecified atom stereocenters. The Kier molecular flexibility index (Phi) is 5.85. The van der Waals surface area contributed by atoms with Crippen molar-refractivity contribution in [3.05, 3.63) is 53.0 Å². The minimum Gasteiger partial charge on any atom is -0.497 e. The van der Waals surface area contributed by atoms with Gasteiger partial charge in [-0.05, 0) is 62.1 Å². The molecule has 0 spiro atoms. The van der Waals surface area contributed by atoms with Crippen molar-refractivity contribution in [2.24, 2.45) is 0 Å². The second kappa shape index (κ2) is 8.94. The molecule has 0 saturated carbocycles. The molecule has 172 valence electrons. The molecule has 1 aliphatic carbocycles. The van der Waals surface area contributed by atoms with Crippen LogP contribution in [0.5, 0.6) is 5.75 Å². The van der Waals surface area contributed by atoms with Crippen LogP contribution in [0.1, 0.15) is 40.5 Å². The largest absolute Gasteiger partial charge is 0.497 e. The van der Waals surface area contributed by atoms with Gasteiger partial charge >= 0.3 is 0 Å². The Morgan fingerprint density at radius 3 is 2.64 bits per heavy atom. The molecular weight excluding hydrogens is 416 g/mol. The van der Waals surface area contributed by atoms with Crippen molar-refractivity contribution < 1.29 is 9.53 Å². The van der Waals surface area contributed by atoms with Gasteiger partial charge in [-0.15, -0.1) is 0 Å². The zero-order valence-electron chi connectivity index (χ0n) is 19.5. The Balaban J connectivity index is 1.41. The van der Waals surface area contributed by atoms with Crippen molar-refractivity contribution in [2.75, 3.05) is 39.8 Å². The minimum absolute atomic E-state index is 0.0327. The van der Waals surface area contributed by atoms with E-state index in [0.29, 0.717) is 11.5 Å². The zero-order valence-corrected chi connectivity index (χ0v) is 19.5. The lowest BCUT2D eigenvalue weighted by Crippen LogP contribution is -2.48. The summed E-state index contributed by atoms with van der Waals surface area (Å²) in [5, 5.41) is 4.49. The molecule has 0 atom stereocenters. The van der Waals surface area contributed by atoms with E-state index >= 15 is 0 Å². The van der Waals surface area contributed by atoms with Crippen LogP contribution in [0.25, 0.3) is 17.2 Å². The van der Waals surface area contributed by atoms with E-state index in [1.54, 1.807) is 18.0 Å². The van der Waals surface area contributed by atoms with E-state index in [9.17, 15) is 4.79 Å². The van der Waals surface area contributed by atoms with Gasteiger partial charge in [0.15, 0.2) is 0 Å². The van der Waals surface area contributed by atoms with Crippen molar-refractivity contribution >= 4 is 5.91 Å². The van der Waals surface area contributed by atoms with Gasteiger partial charge in [0.25, 0.3) is 11.9 Å². The van der Waals surface area contributed by atoms with Crippen molar-refractivity contribution in [3.63, 3.8) is 0 Å². The Hall–Kier alpha value is -3.26. The highest BCUT2D eigenvalue weighted by atomic mass is 16.5. The molecule has 1 aromatic carbocycles. The van der Waals surface area contributed by atoms with E-state index < -0.39 is 0 Å². The second-order valence-corrected chi connectivity index (χ2v) is 8.76. The number of benzene rings is 1. The van der Waals surface area contributed by atoms with Crippen LogP contribution < -0.4 is 4.74 Å². The quantitative estimate of drug-likeness (QED) is 0.600. The standard InChI is InChI=1S/C25H30N6O2/c1-4-9-29-10-12-30(13-11-29)24(32)22-16-27-31(17(22)2)25-26-15-19-6-5-18-14-20(33-3)7-8-21(18)23(19)28-25/h7-8,14-16H,4-6,9-13H2,1-3H3. The first-order chi connectivity index (χ1) is 16.1. The van der Waals surface area contributed by atoms with Crippen LogP contribution in [-0.2, 0) is 12.8 Å². The number of carbonyl (C=O) groups excluding carboxylic acids is 1. The normalized spacial score (nSPS) is 15.8. The Labute approximate surface area is 194 Å². The highest BCUT2D eigenvalue weighted by Crippen LogP contribution is 2.34. The molecule has 1 fully saturated rings. The summed E-state index contributed by atoms with van der Waals surface area (Å²) >= 11 is 0. The number of rotatable bonds is 5. The Morgan fingerprint density at radius 1 is 1.09 bits per heavy atom. The molecule has 2 aliphatic rings. The fourth-order valence-corrected chi connectivity index (χ4v) is 4.80. The van der Waals surface area contributed by atoms with E-state index in [2.05, 4.69) is 34.0 Å². The molecule has 0 bridgehead atoms. The molecule has 8 nitrogen and oxygen atoms in total. The number of ether oxygens (including phenoxy) is 1. The van der Waals surface area contributed by atoms with Gasteiger partial charge in [0.05, 0.1) is 30.3 Å². The monoisotopic (exact) mass is 446 g/mol. The number of carbonyl (C=O) groups is 1. The molecule has 8 heteroatoms. The van der Waals surface area contributed by atoms with Gasteiger partial charge in [-0.1, -0.05) is 6.92 Å². The van der Waals surface area contributed by atoms with E-state index in [4.69, 9.17) is 9.72 Å². The van der Waals surface area contributed by atoms with Gasteiger partial charge in [0.2, 0.25) is 0 Å². The average molecular weight is 447 g/mol. The maximum atomic E-state index is 13.2. The first kappa shape index (κ1) is 21.6. The van der Waals surface area contributed by atoms with Crippen molar-refractivity contribution in [1.29, 1.82) is 0 Å². The molecule has 3 heterocycles. The maximum Gasteiger partial charge on any atom is 0.257 e. The van der Waals surface area contributed by atoms with E-state index in [1.807, 2.05) is 24.1 Å². The van der Waals surface area contributed by atoms with Gasteiger partial charge in [-0.3, -0.25) is 9.69 Å². The topological polar surface area (TPSA) is 76.4 Å².